The molecule has 0 aromatic heterocycles. The van der Waals surface area contributed by atoms with Gasteiger partial charge in [0.25, 0.3) is 5.91 Å². The largest absolute Gasteiger partial charge is 0.394 e. The summed E-state index contributed by atoms with van der Waals surface area (Å²) in [4.78, 5) is 107. The number of benzene rings is 1. The van der Waals surface area contributed by atoms with Gasteiger partial charge < -0.3 is 55.0 Å². The maximum Gasteiger partial charge on any atom is 0.250 e. The Morgan fingerprint density at radius 3 is 1.95 bits per heavy atom. The number of nitrogens with two attached hydrogens (primary N) is 5. The van der Waals surface area contributed by atoms with E-state index in [-0.39, 0.29) is 32.4 Å². The fraction of sp³-hybridized carbons (Fsp3) is 0.611. The molecule has 1 aliphatic rings. The lowest BCUT2D eigenvalue weighted by Crippen LogP contribution is -2.73. The average Bonchev–Trinajstić information content (AvgIpc) is 3.45. The van der Waals surface area contributed by atoms with E-state index in [4.69, 9.17) is 28.7 Å². The van der Waals surface area contributed by atoms with Crippen molar-refractivity contribution in [3.8, 4) is 0 Å². The second kappa shape index (κ2) is 21.2. The Hall–Kier alpha value is -4.98. The van der Waals surface area contributed by atoms with Gasteiger partial charge in [0.1, 0.15) is 24.2 Å². The highest BCUT2D eigenvalue weighted by Crippen LogP contribution is 2.33. The van der Waals surface area contributed by atoms with E-state index in [2.05, 4.69) is 21.3 Å². The number of nitrogens with one attached hydrogen (secondary N) is 4. The van der Waals surface area contributed by atoms with Crippen molar-refractivity contribution in [2.24, 2.45) is 40.5 Å². The van der Waals surface area contributed by atoms with Crippen LogP contribution >= 0.6 is 0 Å². The Balaban J connectivity index is 2.65. The summed E-state index contributed by atoms with van der Waals surface area (Å²) in [5.74, 6) is -8.40. The van der Waals surface area contributed by atoms with E-state index in [1.54, 1.807) is 32.6 Å². The highest BCUT2D eigenvalue weighted by atomic mass is 16.3. The van der Waals surface area contributed by atoms with Crippen molar-refractivity contribution in [2.45, 2.75) is 108 Å². The van der Waals surface area contributed by atoms with Gasteiger partial charge in [-0.1, -0.05) is 58.0 Å². The summed E-state index contributed by atoms with van der Waals surface area (Å²) in [6, 6.07) is 1.07. The van der Waals surface area contributed by atoms with Crippen LogP contribution < -0.4 is 49.9 Å². The van der Waals surface area contributed by atoms with E-state index in [0.29, 0.717) is 12.8 Å². The van der Waals surface area contributed by atoms with Crippen molar-refractivity contribution in [3.63, 3.8) is 0 Å². The van der Waals surface area contributed by atoms with E-state index in [0.717, 1.165) is 5.56 Å². The smallest absolute Gasteiger partial charge is 0.250 e. The lowest BCUT2D eigenvalue weighted by Gasteiger charge is -2.41. The molecule has 19 nitrogen and oxygen atoms in total. The fourth-order valence-electron chi connectivity index (χ4n) is 6.55. The molecule has 6 unspecified atom stereocenters. The number of carbonyl (C=O) groups is 8. The van der Waals surface area contributed by atoms with E-state index in [1.165, 1.54) is 0 Å². The Bertz CT molecular complexity index is 1540. The molecule has 0 bridgehead atoms. The van der Waals surface area contributed by atoms with Gasteiger partial charge in [-0.25, -0.2) is 0 Å². The van der Waals surface area contributed by atoms with Gasteiger partial charge in [-0.15, -0.1) is 0 Å². The maximum atomic E-state index is 15.0. The van der Waals surface area contributed by atoms with Gasteiger partial charge in [0, 0.05) is 19.0 Å². The second-order valence-electron chi connectivity index (χ2n) is 14.5. The lowest BCUT2D eigenvalue weighted by atomic mass is 9.80. The van der Waals surface area contributed by atoms with Crippen molar-refractivity contribution in [3.05, 3.63) is 35.9 Å². The Morgan fingerprint density at radius 2 is 1.42 bits per heavy atom. The molecule has 7 atom stereocenters. The summed E-state index contributed by atoms with van der Waals surface area (Å²) >= 11 is 0. The molecule has 0 spiro atoms. The van der Waals surface area contributed by atoms with Crippen LogP contribution in [0, 0.1) is 11.8 Å². The molecular weight excluding hydrogens is 716 g/mol. The van der Waals surface area contributed by atoms with Crippen LogP contribution in [0.5, 0.6) is 0 Å². The second-order valence-corrected chi connectivity index (χ2v) is 14.5. The van der Waals surface area contributed by atoms with Gasteiger partial charge in [-0.3, -0.25) is 43.3 Å². The Morgan fingerprint density at radius 1 is 0.818 bits per heavy atom. The van der Waals surface area contributed by atoms with Crippen LogP contribution in [0.25, 0.3) is 0 Å². The van der Waals surface area contributed by atoms with Gasteiger partial charge in [0.2, 0.25) is 35.4 Å². The molecule has 7 amide bonds. The third kappa shape index (κ3) is 12.5. The molecule has 2 rings (SSSR count). The molecule has 55 heavy (non-hydrogen) atoms. The summed E-state index contributed by atoms with van der Waals surface area (Å²) in [5.41, 5.74) is 27.3. The first-order chi connectivity index (χ1) is 25.8. The average molecular weight is 775 g/mol. The molecule has 1 fully saturated rings. The van der Waals surface area contributed by atoms with Crippen LogP contribution in [0.15, 0.2) is 30.3 Å². The van der Waals surface area contributed by atoms with E-state index >= 15 is 0 Å². The molecule has 0 radical (unpaired) electrons. The molecule has 0 aliphatic carbocycles. The highest BCUT2D eigenvalue weighted by molar-refractivity contribution is 6.16. The zero-order valence-corrected chi connectivity index (χ0v) is 31.9. The number of ketones is 1. The Kier molecular flexibility index (Phi) is 17.8. The molecule has 1 aliphatic heterocycles. The first kappa shape index (κ1) is 46.2. The lowest BCUT2D eigenvalue weighted by molar-refractivity contribution is -0.149. The number of hydrogen-bond donors (Lipinski definition) is 10. The molecule has 15 N–H and O–H groups in total. The van der Waals surface area contributed by atoms with Crippen LogP contribution in [-0.4, -0.2) is 119 Å². The molecular formula is C36H58N10O9. The van der Waals surface area contributed by atoms with Gasteiger partial charge in [0.15, 0.2) is 11.3 Å². The number of primary amides is 3. The molecule has 1 heterocycles. The van der Waals surface area contributed by atoms with Crippen molar-refractivity contribution in [1.82, 2.24) is 26.2 Å². The topological polar surface area (TPSA) is 338 Å². The molecule has 1 aromatic rings. The predicted octanol–water partition coefficient (Wildman–Crippen LogP) is -3.84. The van der Waals surface area contributed by atoms with Gasteiger partial charge in [0.05, 0.1) is 19.1 Å². The number of rotatable bonds is 23. The number of Topliss-reactive ketones (excluding diaryl/α,β-unsaturated/α-hetero) is 1. The molecule has 306 valence electrons. The SMILES string of the molecule is CC(C)C(NC(=O)C(NC(=O)[C@]1(C(=O)C(CC(N)=O)NC(=O)C(CCC(N)=O)NC(=O)C(N)CO)C(N)CCN1CCCc1ccccc1)C(C)C)C(N)=O. The molecule has 19 heteroatoms. The monoisotopic (exact) mass is 774 g/mol. The third-order valence-corrected chi connectivity index (χ3v) is 9.59. The van der Waals surface area contributed by atoms with Crippen LogP contribution in [0.3, 0.4) is 0 Å². The number of carbonyl (C=O) groups excluding carboxylic acids is 8. The van der Waals surface area contributed by atoms with Crippen LogP contribution in [-0.2, 0) is 44.8 Å². The molecule has 1 saturated heterocycles. The number of hydrogen-bond acceptors (Lipinski definition) is 12. The van der Waals surface area contributed by atoms with E-state index in [9.17, 15) is 43.5 Å². The molecule has 1 aromatic carbocycles. The fourth-order valence-corrected chi connectivity index (χ4v) is 6.55. The van der Waals surface area contributed by atoms with Gasteiger partial charge >= 0.3 is 0 Å². The number of nitrogens with zero attached hydrogens (tertiary/aromatic N) is 1. The van der Waals surface area contributed by atoms with E-state index in [1.807, 2.05) is 30.3 Å². The normalized spacial score (nSPS) is 19.8. The first-order valence-electron chi connectivity index (χ1n) is 18.3. The third-order valence-electron chi connectivity index (χ3n) is 9.59. The van der Waals surface area contributed by atoms with Crippen LogP contribution in [0.2, 0.25) is 0 Å². The number of aryl methyl sites for hydroxylation is 1. The van der Waals surface area contributed by atoms with Crippen molar-refractivity contribution in [1.29, 1.82) is 0 Å². The number of aliphatic hydroxyl groups is 1. The number of aliphatic hydroxyl groups excluding tert-OH is 1. The minimum atomic E-state index is -2.27. The summed E-state index contributed by atoms with van der Waals surface area (Å²) in [7, 11) is 0. The zero-order valence-electron chi connectivity index (χ0n) is 31.9. The Labute approximate surface area is 320 Å². The summed E-state index contributed by atoms with van der Waals surface area (Å²) < 4.78 is 0. The zero-order chi connectivity index (χ0) is 41.6. The standard InChI is InChI=1S/C36H58N10O9/c1-19(2)28(31(41)51)44-34(54)29(20(3)4)45-35(55)36(25(38)14-16-46(36)15-8-11-21-9-6-5-7-10-21)30(50)24(17-27(40)49)43-33(53)23(12-13-26(39)48)42-32(52)22(37)18-47/h5-7,9-10,19-20,22-25,28-29,47H,8,11-18,37-38H2,1-4H3,(H2,39,48)(H2,40,49)(H2,41,51)(H,42,52)(H,43,53)(H,44,54)(H,45,55)/t22?,23?,24?,25?,28?,29?,36-/m1/s1. The van der Waals surface area contributed by atoms with Gasteiger partial charge in [-0.2, -0.15) is 0 Å². The maximum absolute atomic E-state index is 15.0. The first-order valence-corrected chi connectivity index (χ1v) is 18.3. The van der Waals surface area contributed by atoms with E-state index < -0.39 is 114 Å². The van der Waals surface area contributed by atoms with Gasteiger partial charge in [-0.05, 0) is 49.6 Å². The number of likely N-dealkylation sites (tertiary alicyclic amines) is 1. The van der Waals surface area contributed by atoms with Crippen molar-refractivity contribution >= 4 is 47.1 Å². The van der Waals surface area contributed by atoms with Crippen LogP contribution in [0.4, 0.5) is 0 Å². The molecule has 0 saturated carbocycles. The summed E-state index contributed by atoms with van der Waals surface area (Å²) in [6.07, 6.45) is -0.432. The minimum Gasteiger partial charge on any atom is -0.394 e. The number of amides is 7. The highest BCUT2D eigenvalue weighted by Gasteiger charge is 2.60. The van der Waals surface area contributed by atoms with Crippen LogP contribution in [0.1, 0.15) is 65.4 Å². The summed E-state index contributed by atoms with van der Waals surface area (Å²) in [5, 5.41) is 19.3. The summed E-state index contributed by atoms with van der Waals surface area (Å²) in [6.45, 7) is 6.14. The quantitative estimate of drug-likeness (QED) is 0.0478. The predicted molar refractivity (Wildman–Crippen MR) is 201 cm³/mol. The minimum absolute atomic E-state index is 0.119. The van der Waals surface area contributed by atoms with Crippen molar-refractivity contribution < 1.29 is 43.5 Å². The van der Waals surface area contributed by atoms with Crippen molar-refractivity contribution in [2.75, 3.05) is 19.7 Å².